The van der Waals surface area contributed by atoms with Gasteiger partial charge in [0.2, 0.25) is 11.8 Å². The van der Waals surface area contributed by atoms with Crippen molar-refractivity contribution in [1.29, 1.82) is 0 Å². The number of methoxy groups -OCH3 is 1. The standard InChI is InChI=1S/C26H23ClF3N5O5/c1-39-9-7-20(24(38)32-14-3-5-17(23(31)37)19(28)11-14)35-8-6-15(21(36)12-35)18-10-13(27)2-4-16(18)25-33-34-26(40-25)22(29)30/h2-6,10-11,20,22H,7-9,12H2,1H3,(H2,31,37)(H,32,38). The molecule has 2 amide bonds. The van der Waals surface area contributed by atoms with Gasteiger partial charge in [0.25, 0.3) is 11.8 Å². The van der Waals surface area contributed by atoms with Gasteiger partial charge >= 0.3 is 6.43 Å². The van der Waals surface area contributed by atoms with Crippen LogP contribution < -0.4 is 11.1 Å². The molecule has 0 radical (unpaired) electrons. The summed E-state index contributed by atoms with van der Waals surface area (Å²) in [6.07, 6.45) is -1.17. The van der Waals surface area contributed by atoms with Crippen molar-refractivity contribution >= 4 is 40.5 Å². The van der Waals surface area contributed by atoms with Crippen LogP contribution in [0.4, 0.5) is 18.9 Å². The Kier molecular flexibility index (Phi) is 8.97. The second kappa shape index (κ2) is 12.4. The van der Waals surface area contributed by atoms with E-state index in [4.69, 9.17) is 26.5 Å². The predicted molar refractivity (Wildman–Crippen MR) is 138 cm³/mol. The Morgan fingerprint density at radius 1 is 1.20 bits per heavy atom. The summed E-state index contributed by atoms with van der Waals surface area (Å²) >= 11 is 6.17. The van der Waals surface area contributed by atoms with Crippen LogP contribution in [0.2, 0.25) is 5.02 Å². The minimum absolute atomic E-state index is 0.0979. The van der Waals surface area contributed by atoms with Crippen LogP contribution in [0.1, 0.15) is 34.7 Å². The maximum atomic E-state index is 14.2. The third-order valence-corrected chi connectivity index (χ3v) is 6.38. The average molecular weight is 578 g/mol. The van der Waals surface area contributed by atoms with Crippen molar-refractivity contribution in [2.75, 3.05) is 32.1 Å². The zero-order chi connectivity index (χ0) is 29.0. The van der Waals surface area contributed by atoms with Crippen LogP contribution in [0.3, 0.4) is 0 Å². The number of benzene rings is 2. The van der Waals surface area contributed by atoms with E-state index >= 15 is 0 Å². The maximum absolute atomic E-state index is 14.2. The molecule has 1 aliphatic heterocycles. The molecule has 14 heteroatoms. The number of primary amides is 1. The number of hydrogen-bond acceptors (Lipinski definition) is 8. The van der Waals surface area contributed by atoms with E-state index in [9.17, 15) is 27.6 Å². The number of rotatable bonds is 10. The summed E-state index contributed by atoms with van der Waals surface area (Å²) < 4.78 is 50.4. The lowest BCUT2D eigenvalue weighted by Gasteiger charge is -2.32. The lowest BCUT2D eigenvalue weighted by molar-refractivity contribution is -0.123. The van der Waals surface area contributed by atoms with E-state index in [0.717, 1.165) is 12.1 Å². The molecule has 3 aromatic rings. The Balaban J connectivity index is 1.59. The summed E-state index contributed by atoms with van der Waals surface area (Å²) in [4.78, 5) is 39.4. The fourth-order valence-corrected chi connectivity index (χ4v) is 4.41. The molecule has 1 aromatic heterocycles. The molecule has 2 heterocycles. The number of alkyl halides is 2. The molecule has 1 aliphatic rings. The molecule has 4 rings (SSSR count). The first-order valence-electron chi connectivity index (χ1n) is 11.9. The van der Waals surface area contributed by atoms with Crippen LogP contribution in [-0.2, 0) is 14.3 Å². The molecule has 0 fully saturated rings. The Hall–Kier alpha value is -4.07. The van der Waals surface area contributed by atoms with E-state index in [1.54, 1.807) is 11.0 Å². The summed E-state index contributed by atoms with van der Waals surface area (Å²) in [7, 11) is 1.46. The van der Waals surface area contributed by atoms with E-state index in [0.29, 0.717) is 5.56 Å². The molecule has 0 saturated heterocycles. The molecule has 1 unspecified atom stereocenters. The number of nitrogens with zero attached hydrogens (tertiary/aromatic N) is 3. The monoisotopic (exact) mass is 577 g/mol. The van der Waals surface area contributed by atoms with Gasteiger partial charge in [0.05, 0.1) is 18.2 Å². The number of nitrogens with one attached hydrogen (secondary N) is 1. The number of aromatic nitrogens is 2. The topological polar surface area (TPSA) is 141 Å². The smallest absolute Gasteiger partial charge is 0.314 e. The Morgan fingerprint density at radius 2 is 1.98 bits per heavy atom. The third kappa shape index (κ3) is 6.38. The normalized spacial score (nSPS) is 14.8. The van der Waals surface area contributed by atoms with Gasteiger partial charge in [0.15, 0.2) is 5.78 Å². The van der Waals surface area contributed by atoms with E-state index in [-0.39, 0.29) is 65.2 Å². The van der Waals surface area contributed by atoms with Crippen LogP contribution in [0.15, 0.2) is 46.9 Å². The number of nitrogens with two attached hydrogens (primary N) is 1. The first kappa shape index (κ1) is 28.9. The zero-order valence-corrected chi connectivity index (χ0v) is 21.8. The van der Waals surface area contributed by atoms with E-state index in [1.165, 1.54) is 31.4 Å². The highest BCUT2D eigenvalue weighted by Gasteiger charge is 2.32. The number of ketones is 1. The lowest BCUT2D eigenvalue weighted by Crippen LogP contribution is -2.48. The lowest BCUT2D eigenvalue weighted by atomic mass is 9.93. The van der Waals surface area contributed by atoms with Crippen LogP contribution in [-0.4, -0.2) is 65.5 Å². The maximum Gasteiger partial charge on any atom is 0.314 e. The van der Waals surface area contributed by atoms with Gasteiger partial charge in [-0.2, -0.15) is 8.78 Å². The van der Waals surface area contributed by atoms with E-state index in [2.05, 4.69) is 15.5 Å². The summed E-state index contributed by atoms with van der Waals surface area (Å²) in [6, 6.07) is 7.10. The van der Waals surface area contributed by atoms with Crippen molar-refractivity contribution in [3.05, 3.63) is 70.3 Å². The van der Waals surface area contributed by atoms with Crippen molar-refractivity contribution in [2.24, 2.45) is 5.73 Å². The number of ether oxygens (including phenoxy) is 1. The van der Waals surface area contributed by atoms with Crippen LogP contribution in [0.25, 0.3) is 17.0 Å². The zero-order valence-electron chi connectivity index (χ0n) is 21.0. The van der Waals surface area contributed by atoms with Crippen LogP contribution in [0.5, 0.6) is 0 Å². The number of amides is 2. The van der Waals surface area contributed by atoms with Gasteiger partial charge in [-0.05, 0) is 48.4 Å². The van der Waals surface area contributed by atoms with Gasteiger partial charge in [-0.3, -0.25) is 19.3 Å². The molecular formula is C26H23ClF3N5O5. The van der Waals surface area contributed by atoms with Gasteiger partial charge in [0.1, 0.15) is 5.82 Å². The van der Waals surface area contributed by atoms with Crippen molar-refractivity contribution < 1.29 is 36.7 Å². The van der Waals surface area contributed by atoms with Crippen LogP contribution >= 0.6 is 11.6 Å². The molecule has 0 spiro atoms. The van der Waals surface area contributed by atoms with Gasteiger partial charge in [-0.1, -0.05) is 17.7 Å². The Morgan fingerprint density at radius 3 is 2.60 bits per heavy atom. The van der Waals surface area contributed by atoms with E-state index < -0.39 is 36.0 Å². The van der Waals surface area contributed by atoms with Gasteiger partial charge in [-0.25, -0.2) is 4.39 Å². The summed E-state index contributed by atoms with van der Waals surface area (Å²) in [5, 5.41) is 9.90. The number of anilines is 1. The first-order valence-corrected chi connectivity index (χ1v) is 12.2. The molecule has 10 nitrogen and oxygen atoms in total. The number of hydrogen-bond donors (Lipinski definition) is 2. The van der Waals surface area contributed by atoms with Crippen molar-refractivity contribution in [2.45, 2.75) is 18.9 Å². The molecule has 0 bridgehead atoms. The number of carbonyl (C=O) groups excluding carboxylic acids is 3. The highest BCUT2D eigenvalue weighted by atomic mass is 35.5. The van der Waals surface area contributed by atoms with E-state index in [1.807, 2.05) is 0 Å². The molecule has 2 aromatic carbocycles. The minimum atomic E-state index is -2.96. The van der Waals surface area contributed by atoms with Gasteiger partial charge in [-0.15, -0.1) is 10.2 Å². The highest BCUT2D eigenvalue weighted by molar-refractivity contribution is 6.31. The number of Topliss-reactive ketones (excluding diaryl/α,β-unsaturated/α-hetero) is 1. The Bertz CT molecular complexity index is 1480. The number of halogens is 4. The van der Waals surface area contributed by atoms with Crippen molar-refractivity contribution in [3.63, 3.8) is 0 Å². The summed E-state index contributed by atoms with van der Waals surface area (Å²) in [5.41, 5.74) is 5.69. The fraction of sp³-hybridized carbons (Fsp3) is 0.269. The van der Waals surface area contributed by atoms with Crippen molar-refractivity contribution in [1.82, 2.24) is 15.1 Å². The molecular weight excluding hydrogens is 555 g/mol. The summed E-state index contributed by atoms with van der Waals surface area (Å²) in [6.45, 7) is 0.160. The molecule has 40 heavy (non-hydrogen) atoms. The van der Waals surface area contributed by atoms with Gasteiger partial charge in [0, 0.05) is 42.1 Å². The highest BCUT2D eigenvalue weighted by Crippen LogP contribution is 2.34. The quantitative estimate of drug-likeness (QED) is 0.370. The minimum Gasteiger partial charge on any atom is -0.415 e. The van der Waals surface area contributed by atoms with Crippen molar-refractivity contribution in [3.8, 4) is 11.5 Å². The Labute approximate surface area is 230 Å². The summed E-state index contributed by atoms with van der Waals surface area (Å²) in [5.74, 6) is -3.80. The van der Waals surface area contributed by atoms with Crippen LogP contribution in [0, 0.1) is 5.82 Å². The SMILES string of the molecule is COCCC(C(=O)Nc1ccc(C(N)=O)c(F)c1)N1CC=C(c2cc(Cl)ccc2-c2nnc(C(F)F)o2)C(=O)C1. The molecule has 0 aliphatic carbocycles. The average Bonchev–Trinajstić information content (AvgIpc) is 3.39. The molecule has 1 atom stereocenters. The fourth-order valence-electron chi connectivity index (χ4n) is 4.24. The third-order valence-electron chi connectivity index (χ3n) is 6.15. The largest absolute Gasteiger partial charge is 0.415 e. The van der Waals surface area contributed by atoms with Gasteiger partial charge < -0.3 is 20.2 Å². The first-order chi connectivity index (χ1) is 19.1. The predicted octanol–water partition coefficient (Wildman–Crippen LogP) is 3.88. The second-order valence-electron chi connectivity index (χ2n) is 8.75. The molecule has 210 valence electrons. The molecule has 0 saturated carbocycles. The molecule has 3 N–H and O–H groups in total. The number of carbonyl (C=O) groups is 3. The second-order valence-corrected chi connectivity index (χ2v) is 9.19.